The van der Waals surface area contributed by atoms with Gasteiger partial charge < -0.3 is 10.6 Å². The summed E-state index contributed by atoms with van der Waals surface area (Å²) in [5.74, 6) is 0. The van der Waals surface area contributed by atoms with Crippen molar-refractivity contribution in [1.82, 2.24) is 4.98 Å². The zero-order chi connectivity index (χ0) is 13.7. The van der Waals surface area contributed by atoms with Gasteiger partial charge in [-0.2, -0.15) is 0 Å². The smallest absolute Gasteiger partial charge is 0.0726 e. The number of hydrogen-bond acceptors (Lipinski definition) is 3. The van der Waals surface area contributed by atoms with Gasteiger partial charge in [-0.3, -0.25) is 4.98 Å². The van der Waals surface area contributed by atoms with Crippen molar-refractivity contribution < 1.29 is 0 Å². The highest BCUT2D eigenvalue weighted by molar-refractivity contribution is 5.91. The first-order valence-electron chi connectivity index (χ1n) is 6.67. The lowest BCUT2D eigenvalue weighted by atomic mass is 10.1. The van der Waals surface area contributed by atoms with E-state index >= 15 is 0 Å². The predicted octanol–water partition coefficient (Wildman–Crippen LogP) is 3.10. The Hall–Kier alpha value is -1.87. The molecule has 0 aliphatic carbocycles. The normalized spacial score (nSPS) is 10.6. The maximum absolute atomic E-state index is 5.74. The standard InChI is InChI=1S/C16H21N3/c1-3-4-7-10-19(2)16-11-13(12-17)18-15-9-6-5-8-14(15)16/h3,5-6,8-9,11H,1,4,7,10,12,17H2,2H3. The highest BCUT2D eigenvalue weighted by atomic mass is 15.1. The Morgan fingerprint density at radius 1 is 1.37 bits per heavy atom. The van der Waals surface area contributed by atoms with Crippen LogP contribution in [0.2, 0.25) is 0 Å². The predicted molar refractivity (Wildman–Crippen MR) is 82.3 cm³/mol. The summed E-state index contributed by atoms with van der Waals surface area (Å²) in [6, 6.07) is 10.3. The number of nitrogens with zero attached hydrogens (tertiary/aromatic N) is 2. The number of hydrogen-bond donors (Lipinski definition) is 1. The number of anilines is 1. The quantitative estimate of drug-likeness (QED) is 0.637. The number of rotatable bonds is 6. The van der Waals surface area contributed by atoms with Crippen molar-refractivity contribution in [2.45, 2.75) is 19.4 Å². The molecule has 0 atom stereocenters. The van der Waals surface area contributed by atoms with E-state index in [1.165, 1.54) is 11.1 Å². The molecule has 1 aromatic carbocycles. The van der Waals surface area contributed by atoms with Gasteiger partial charge in [-0.25, -0.2) is 0 Å². The van der Waals surface area contributed by atoms with Gasteiger partial charge in [0.25, 0.3) is 0 Å². The van der Waals surface area contributed by atoms with Crippen molar-refractivity contribution in [1.29, 1.82) is 0 Å². The van der Waals surface area contributed by atoms with E-state index in [0.717, 1.165) is 30.6 Å². The van der Waals surface area contributed by atoms with Crippen LogP contribution in [0.5, 0.6) is 0 Å². The number of pyridine rings is 1. The van der Waals surface area contributed by atoms with Gasteiger partial charge in [-0.15, -0.1) is 6.58 Å². The number of aromatic nitrogens is 1. The minimum absolute atomic E-state index is 0.471. The Labute approximate surface area is 114 Å². The van der Waals surface area contributed by atoms with Crippen LogP contribution in [0.4, 0.5) is 5.69 Å². The molecule has 0 amide bonds. The zero-order valence-electron chi connectivity index (χ0n) is 11.5. The maximum Gasteiger partial charge on any atom is 0.0726 e. The summed E-state index contributed by atoms with van der Waals surface area (Å²) >= 11 is 0. The Bertz CT molecular complexity index is 563. The monoisotopic (exact) mass is 255 g/mol. The van der Waals surface area contributed by atoms with Crippen LogP contribution < -0.4 is 10.6 Å². The molecule has 0 saturated carbocycles. The Balaban J connectivity index is 2.36. The number of allylic oxidation sites excluding steroid dienone is 1. The molecular formula is C16H21N3. The molecule has 0 spiro atoms. The fourth-order valence-electron chi connectivity index (χ4n) is 2.22. The van der Waals surface area contributed by atoms with E-state index in [1.807, 2.05) is 24.3 Å². The lowest BCUT2D eigenvalue weighted by Crippen LogP contribution is -2.19. The van der Waals surface area contributed by atoms with Crippen molar-refractivity contribution in [2.75, 3.05) is 18.5 Å². The number of para-hydroxylation sites is 1. The van der Waals surface area contributed by atoms with E-state index in [1.54, 1.807) is 0 Å². The summed E-state index contributed by atoms with van der Waals surface area (Å²) in [5.41, 5.74) is 8.89. The molecule has 100 valence electrons. The van der Waals surface area contributed by atoms with E-state index in [4.69, 9.17) is 5.73 Å². The Morgan fingerprint density at radius 2 is 2.16 bits per heavy atom. The average molecular weight is 255 g/mol. The van der Waals surface area contributed by atoms with Crippen LogP contribution >= 0.6 is 0 Å². The number of unbranched alkanes of at least 4 members (excludes halogenated alkanes) is 1. The van der Waals surface area contributed by atoms with Crippen LogP contribution in [0, 0.1) is 0 Å². The molecule has 0 aliphatic heterocycles. The van der Waals surface area contributed by atoms with Crippen LogP contribution in [0.1, 0.15) is 18.5 Å². The van der Waals surface area contributed by atoms with Gasteiger partial charge in [-0.05, 0) is 25.0 Å². The average Bonchev–Trinajstić information content (AvgIpc) is 2.46. The third-order valence-electron chi connectivity index (χ3n) is 3.27. The fraction of sp³-hybridized carbons (Fsp3) is 0.312. The topological polar surface area (TPSA) is 42.1 Å². The first kappa shape index (κ1) is 13.6. The number of fused-ring (bicyclic) bond motifs is 1. The van der Waals surface area contributed by atoms with Crippen LogP contribution in [0.3, 0.4) is 0 Å². The van der Waals surface area contributed by atoms with Gasteiger partial charge in [0, 0.05) is 31.2 Å². The van der Waals surface area contributed by atoms with E-state index in [2.05, 4.69) is 35.6 Å². The van der Waals surface area contributed by atoms with Crippen molar-refractivity contribution in [2.24, 2.45) is 5.73 Å². The van der Waals surface area contributed by atoms with Crippen LogP contribution in [0.15, 0.2) is 43.0 Å². The number of nitrogens with two attached hydrogens (primary N) is 1. The first-order chi connectivity index (χ1) is 9.26. The molecule has 0 unspecified atom stereocenters. The van der Waals surface area contributed by atoms with Gasteiger partial charge in [0.2, 0.25) is 0 Å². The highest BCUT2D eigenvalue weighted by Gasteiger charge is 2.08. The SMILES string of the molecule is C=CCCCN(C)c1cc(CN)nc2ccccc12. The van der Waals surface area contributed by atoms with Gasteiger partial charge in [-0.1, -0.05) is 24.3 Å². The van der Waals surface area contributed by atoms with Gasteiger partial charge in [0.05, 0.1) is 11.2 Å². The molecule has 0 aliphatic rings. The van der Waals surface area contributed by atoms with Crippen molar-refractivity contribution >= 4 is 16.6 Å². The van der Waals surface area contributed by atoms with Crippen molar-refractivity contribution in [3.05, 3.63) is 48.7 Å². The molecule has 0 bridgehead atoms. The number of benzene rings is 1. The second-order valence-electron chi connectivity index (χ2n) is 4.71. The lowest BCUT2D eigenvalue weighted by molar-refractivity contribution is 0.802. The molecule has 0 fully saturated rings. The Kier molecular flexibility index (Phi) is 4.53. The molecule has 0 radical (unpaired) electrons. The van der Waals surface area contributed by atoms with Gasteiger partial charge in [0.1, 0.15) is 0 Å². The van der Waals surface area contributed by atoms with E-state index < -0.39 is 0 Å². The maximum atomic E-state index is 5.74. The third-order valence-corrected chi connectivity index (χ3v) is 3.27. The van der Waals surface area contributed by atoms with Gasteiger partial charge in [0.15, 0.2) is 0 Å². The molecule has 3 heteroatoms. The molecule has 3 nitrogen and oxygen atoms in total. The second kappa shape index (κ2) is 6.34. The summed E-state index contributed by atoms with van der Waals surface area (Å²) in [6.45, 7) is 5.24. The zero-order valence-corrected chi connectivity index (χ0v) is 11.5. The van der Waals surface area contributed by atoms with Crippen molar-refractivity contribution in [3.8, 4) is 0 Å². The molecule has 2 rings (SSSR count). The Morgan fingerprint density at radius 3 is 2.89 bits per heavy atom. The summed E-state index contributed by atoms with van der Waals surface area (Å²) < 4.78 is 0. The molecule has 1 heterocycles. The molecule has 2 N–H and O–H groups in total. The molecule has 19 heavy (non-hydrogen) atoms. The summed E-state index contributed by atoms with van der Waals surface area (Å²) in [6.07, 6.45) is 4.11. The highest BCUT2D eigenvalue weighted by Crippen LogP contribution is 2.26. The minimum Gasteiger partial charge on any atom is -0.374 e. The minimum atomic E-state index is 0.471. The molecule has 2 aromatic rings. The third kappa shape index (κ3) is 3.12. The summed E-state index contributed by atoms with van der Waals surface area (Å²) in [7, 11) is 2.12. The largest absolute Gasteiger partial charge is 0.374 e. The fourth-order valence-corrected chi connectivity index (χ4v) is 2.22. The van der Waals surface area contributed by atoms with Crippen LogP contribution in [0.25, 0.3) is 10.9 Å². The second-order valence-corrected chi connectivity index (χ2v) is 4.71. The van der Waals surface area contributed by atoms with Crippen LogP contribution in [-0.4, -0.2) is 18.6 Å². The summed E-state index contributed by atoms with van der Waals surface area (Å²) in [5, 5.41) is 1.18. The van der Waals surface area contributed by atoms with E-state index in [-0.39, 0.29) is 0 Å². The van der Waals surface area contributed by atoms with Crippen molar-refractivity contribution in [3.63, 3.8) is 0 Å². The van der Waals surface area contributed by atoms with E-state index in [9.17, 15) is 0 Å². The van der Waals surface area contributed by atoms with Crippen LogP contribution in [-0.2, 0) is 6.54 Å². The summed E-state index contributed by atoms with van der Waals surface area (Å²) in [4.78, 5) is 6.84. The molecule has 1 aromatic heterocycles. The molecular weight excluding hydrogens is 234 g/mol. The molecule has 0 saturated heterocycles. The lowest BCUT2D eigenvalue weighted by Gasteiger charge is -2.21. The first-order valence-corrected chi connectivity index (χ1v) is 6.67. The van der Waals surface area contributed by atoms with E-state index in [0.29, 0.717) is 6.54 Å². The van der Waals surface area contributed by atoms with Gasteiger partial charge >= 0.3 is 0 Å².